The Kier molecular flexibility index (Phi) is 3.50. The van der Waals surface area contributed by atoms with Gasteiger partial charge in [0.05, 0.1) is 9.88 Å². The topological polar surface area (TPSA) is 59.2 Å². The van der Waals surface area contributed by atoms with Gasteiger partial charge in [0.15, 0.2) is 0 Å². The standard InChI is InChI=1S/C18H21N3OS/c1-10-4-3-5-12(6-10)17-16(20-11(2)23-17)18(22)21-14(9-19)7-13-8-15(13)21/h3-6,13-15H,7-9,19H2,1-2H3/t13?,14?,15-/m0/s1. The lowest BCUT2D eigenvalue weighted by molar-refractivity contribution is 0.0701. The summed E-state index contributed by atoms with van der Waals surface area (Å²) in [6.07, 6.45) is 2.18. The molecule has 2 aromatic rings. The van der Waals surface area contributed by atoms with Gasteiger partial charge in [-0.3, -0.25) is 4.79 Å². The van der Waals surface area contributed by atoms with E-state index in [4.69, 9.17) is 5.73 Å². The van der Waals surface area contributed by atoms with Crippen LogP contribution in [0.25, 0.3) is 10.4 Å². The van der Waals surface area contributed by atoms with E-state index in [1.165, 1.54) is 5.56 Å². The van der Waals surface area contributed by atoms with Gasteiger partial charge in [0.2, 0.25) is 0 Å². The summed E-state index contributed by atoms with van der Waals surface area (Å²) in [4.78, 5) is 20.7. The number of carbonyl (C=O) groups excluding carboxylic acids is 1. The van der Waals surface area contributed by atoms with Crippen LogP contribution in [-0.4, -0.2) is 34.4 Å². The third-order valence-corrected chi connectivity index (χ3v) is 5.95. The molecule has 0 radical (unpaired) electrons. The van der Waals surface area contributed by atoms with Crippen LogP contribution in [0.4, 0.5) is 0 Å². The Balaban J connectivity index is 1.73. The van der Waals surface area contributed by atoms with Crippen molar-refractivity contribution in [1.29, 1.82) is 0 Å². The van der Waals surface area contributed by atoms with Gasteiger partial charge in [-0.15, -0.1) is 11.3 Å². The lowest BCUT2D eigenvalue weighted by atomic mass is 10.1. The number of amides is 1. The Morgan fingerprint density at radius 2 is 2.22 bits per heavy atom. The molecule has 23 heavy (non-hydrogen) atoms. The molecule has 1 aliphatic carbocycles. The quantitative estimate of drug-likeness (QED) is 0.943. The third-order valence-electron chi connectivity index (χ3n) is 4.93. The van der Waals surface area contributed by atoms with Gasteiger partial charge < -0.3 is 10.6 Å². The summed E-state index contributed by atoms with van der Waals surface area (Å²) >= 11 is 1.60. The van der Waals surface area contributed by atoms with Crippen molar-refractivity contribution in [3.8, 4) is 10.4 Å². The minimum absolute atomic E-state index is 0.0614. The Morgan fingerprint density at radius 3 is 2.96 bits per heavy atom. The molecule has 1 saturated heterocycles. The summed E-state index contributed by atoms with van der Waals surface area (Å²) in [5.41, 5.74) is 8.75. The Bertz CT molecular complexity index is 769. The van der Waals surface area contributed by atoms with Crippen molar-refractivity contribution >= 4 is 17.2 Å². The second kappa shape index (κ2) is 5.42. The highest BCUT2D eigenvalue weighted by atomic mass is 32.1. The summed E-state index contributed by atoms with van der Waals surface area (Å²) in [5, 5.41) is 0.931. The van der Waals surface area contributed by atoms with E-state index in [1.54, 1.807) is 11.3 Å². The highest BCUT2D eigenvalue weighted by Crippen LogP contribution is 2.48. The second-order valence-corrected chi connectivity index (χ2v) is 7.88. The highest BCUT2D eigenvalue weighted by Gasteiger charge is 2.54. The van der Waals surface area contributed by atoms with Crippen LogP contribution in [0, 0.1) is 19.8 Å². The second-order valence-electron chi connectivity index (χ2n) is 6.68. The van der Waals surface area contributed by atoms with Crippen molar-refractivity contribution in [2.75, 3.05) is 6.54 Å². The van der Waals surface area contributed by atoms with Crippen LogP contribution in [0.5, 0.6) is 0 Å². The maximum atomic E-state index is 13.2. The predicted octanol–water partition coefficient (Wildman–Crippen LogP) is 2.99. The number of carbonyl (C=O) groups is 1. The van der Waals surface area contributed by atoms with Gasteiger partial charge in [-0.2, -0.15) is 0 Å². The number of likely N-dealkylation sites (tertiary alicyclic amines) is 1. The third kappa shape index (κ3) is 2.48. The molecule has 120 valence electrons. The summed E-state index contributed by atoms with van der Waals surface area (Å²) in [6, 6.07) is 8.85. The highest BCUT2D eigenvalue weighted by molar-refractivity contribution is 7.15. The van der Waals surface area contributed by atoms with Crippen LogP contribution >= 0.6 is 11.3 Å². The summed E-state index contributed by atoms with van der Waals surface area (Å²) < 4.78 is 0. The molecule has 2 N–H and O–H groups in total. The number of benzene rings is 1. The molecule has 2 aliphatic rings. The number of hydrogen-bond donors (Lipinski definition) is 1. The molecular weight excluding hydrogens is 306 g/mol. The van der Waals surface area contributed by atoms with Gasteiger partial charge in [0.25, 0.3) is 5.91 Å². The van der Waals surface area contributed by atoms with Crippen LogP contribution in [-0.2, 0) is 0 Å². The van der Waals surface area contributed by atoms with E-state index in [9.17, 15) is 4.79 Å². The monoisotopic (exact) mass is 327 g/mol. The molecule has 3 atom stereocenters. The fourth-order valence-electron chi connectivity index (χ4n) is 3.76. The van der Waals surface area contributed by atoms with Crippen LogP contribution < -0.4 is 5.73 Å². The first-order valence-corrected chi connectivity index (χ1v) is 8.97. The van der Waals surface area contributed by atoms with E-state index < -0.39 is 0 Å². The van der Waals surface area contributed by atoms with E-state index in [0.29, 0.717) is 24.2 Å². The number of thiazole rings is 1. The molecular formula is C18H21N3OS. The summed E-state index contributed by atoms with van der Waals surface area (Å²) in [5.74, 6) is 0.723. The van der Waals surface area contributed by atoms with Crippen LogP contribution in [0.15, 0.2) is 24.3 Å². The SMILES string of the molecule is Cc1cccc(-c2sc(C)nc2C(=O)N2C(CN)CC3C[C@@H]32)c1. The Hall–Kier alpha value is -1.72. The first-order valence-electron chi connectivity index (χ1n) is 8.15. The van der Waals surface area contributed by atoms with Gasteiger partial charge in [0, 0.05) is 18.6 Å². The van der Waals surface area contributed by atoms with E-state index >= 15 is 0 Å². The Labute approximate surface area is 140 Å². The molecule has 2 heterocycles. The van der Waals surface area contributed by atoms with Gasteiger partial charge in [-0.05, 0) is 38.2 Å². The zero-order valence-corrected chi connectivity index (χ0v) is 14.3. The maximum absolute atomic E-state index is 13.2. The van der Waals surface area contributed by atoms with E-state index in [2.05, 4.69) is 30.1 Å². The van der Waals surface area contributed by atoms with Gasteiger partial charge >= 0.3 is 0 Å². The fraction of sp³-hybridized carbons (Fsp3) is 0.444. The molecule has 2 fully saturated rings. The van der Waals surface area contributed by atoms with Gasteiger partial charge in [-0.25, -0.2) is 4.98 Å². The molecule has 1 amide bonds. The number of fused-ring (bicyclic) bond motifs is 1. The number of nitrogens with zero attached hydrogens (tertiary/aromatic N) is 2. The van der Waals surface area contributed by atoms with Gasteiger partial charge in [0.1, 0.15) is 5.69 Å². The molecule has 0 spiro atoms. The van der Waals surface area contributed by atoms with Gasteiger partial charge in [-0.1, -0.05) is 29.8 Å². The fourth-order valence-corrected chi connectivity index (χ4v) is 4.67. The molecule has 0 bridgehead atoms. The van der Waals surface area contributed by atoms with Crippen molar-refractivity contribution in [3.63, 3.8) is 0 Å². The zero-order chi connectivity index (χ0) is 16.1. The first kappa shape index (κ1) is 14.8. The van der Waals surface area contributed by atoms with Crippen molar-refractivity contribution in [2.24, 2.45) is 11.7 Å². The Morgan fingerprint density at radius 1 is 1.39 bits per heavy atom. The number of piperidine rings is 1. The van der Waals surface area contributed by atoms with Crippen molar-refractivity contribution in [3.05, 3.63) is 40.5 Å². The maximum Gasteiger partial charge on any atom is 0.274 e. The van der Waals surface area contributed by atoms with E-state index in [-0.39, 0.29) is 11.9 Å². The summed E-state index contributed by atoms with van der Waals surface area (Å²) in [6.45, 7) is 4.57. The predicted molar refractivity (Wildman–Crippen MR) is 92.5 cm³/mol. The van der Waals surface area contributed by atoms with Crippen LogP contribution in [0.1, 0.15) is 33.9 Å². The molecule has 2 unspecified atom stereocenters. The molecule has 1 aromatic heterocycles. The largest absolute Gasteiger partial charge is 0.330 e. The summed E-state index contributed by atoms with van der Waals surface area (Å²) in [7, 11) is 0. The number of hydrogen-bond acceptors (Lipinski definition) is 4. The van der Waals surface area contributed by atoms with Crippen molar-refractivity contribution in [2.45, 2.75) is 38.8 Å². The number of nitrogens with two attached hydrogens (primary N) is 1. The first-order chi connectivity index (χ1) is 11.1. The number of aryl methyl sites for hydroxylation is 2. The van der Waals surface area contributed by atoms with E-state index in [0.717, 1.165) is 28.3 Å². The lowest BCUT2D eigenvalue weighted by Crippen LogP contribution is -2.42. The molecule has 4 rings (SSSR count). The van der Waals surface area contributed by atoms with Crippen LogP contribution in [0.3, 0.4) is 0 Å². The number of rotatable bonds is 3. The molecule has 5 heteroatoms. The average Bonchev–Trinajstić information content (AvgIpc) is 3.02. The van der Waals surface area contributed by atoms with E-state index in [1.807, 2.05) is 17.9 Å². The molecule has 1 aliphatic heterocycles. The average molecular weight is 327 g/mol. The van der Waals surface area contributed by atoms with Crippen LogP contribution in [0.2, 0.25) is 0 Å². The normalized spacial score (nSPS) is 25.5. The van der Waals surface area contributed by atoms with Crippen molar-refractivity contribution in [1.82, 2.24) is 9.88 Å². The zero-order valence-electron chi connectivity index (χ0n) is 13.5. The smallest absolute Gasteiger partial charge is 0.274 e. The van der Waals surface area contributed by atoms with Crippen molar-refractivity contribution < 1.29 is 4.79 Å². The minimum atomic E-state index is 0.0614. The molecule has 4 nitrogen and oxygen atoms in total. The number of aromatic nitrogens is 1. The molecule has 1 saturated carbocycles. The molecule has 1 aromatic carbocycles. The minimum Gasteiger partial charge on any atom is -0.330 e. The lowest BCUT2D eigenvalue weighted by Gasteiger charge is -2.26.